The molecule has 6 N–H and O–H groups in total. The smallest absolute Gasteiger partial charge is 0.349 e. The molecule has 0 aliphatic carbocycles. The maximum atomic E-state index is 11.2. The van der Waals surface area contributed by atoms with Crippen molar-refractivity contribution in [3.63, 3.8) is 0 Å². The number of carbonyl (C=O) groups is 1. The molecule has 0 aliphatic heterocycles. The van der Waals surface area contributed by atoms with E-state index >= 15 is 0 Å². The number of urea groups is 1. The molecule has 0 unspecified atom stereocenters. The van der Waals surface area contributed by atoms with Gasteiger partial charge in [-0.3, -0.25) is 5.43 Å². The Balaban J connectivity index is 2.13. The summed E-state index contributed by atoms with van der Waals surface area (Å²) >= 11 is 0. The zero-order chi connectivity index (χ0) is 16.2. The van der Waals surface area contributed by atoms with Crippen LogP contribution in [0.1, 0.15) is 5.76 Å². The van der Waals surface area contributed by atoms with Crippen molar-refractivity contribution >= 4 is 22.3 Å². The summed E-state index contributed by atoms with van der Waals surface area (Å²) in [7, 11) is -3.73. The fourth-order valence-electron chi connectivity index (χ4n) is 1.57. The number of hydrogen-bond donors (Lipinski definition) is 4. The summed E-state index contributed by atoms with van der Waals surface area (Å²) in [6.07, 6.45) is 1.29. The second-order valence-electron chi connectivity index (χ2n) is 4.11. The number of rotatable bonds is 4. The average Bonchev–Trinajstić information content (AvgIpc) is 2.95. The molecular weight excluding hydrogens is 310 g/mol. The number of nitrogens with zero attached hydrogens (tertiary/aromatic N) is 1. The molecule has 1 heterocycles. The second kappa shape index (κ2) is 6.39. The fourth-order valence-corrected chi connectivity index (χ4v) is 2.09. The first-order valence-electron chi connectivity index (χ1n) is 5.93. The Morgan fingerprint density at radius 2 is 1.86 bits per heavy atom. The molecule has 2 aromatic rings. The summed E-state index contributed by atoms with van der Waals surface area (Å²) in [5.74, 6) is 5.76. The fraction of sp³-hybridized carbons (Fsp3) is 0. The van der Waals surface area contributed by atoms with Gasteiger partial charge < -0.3 is 4.42 Å². The number of nitrogens with one attached hydrogen (secondary N) is 2. The van der Waals surface area contributed by atoms with Gasteiger partial charge in [-0.05, 0) is 36.4 Å². The minimum atomic E-state index is -3.73. The largest absolute Gasteiger partial charge is 0.455 e. The number of hydrazine groups is 1. The Morgan fingerprint density at radius 1 is 1.18 bits per heavy atom. The molecule has 22 heavy (non-hydrogen) atoms. The van der Waals surface area contributed by atoms with Gasteiger partial charge in [0.05, 0.1) is 11.1 Å². The molecule has 0 saturated carbocycles. The molecule has 0 saturated heterocycles. The van der Waals surface area contributed by atoms with Gasteiger partial charge in [0, 0.05) is 5.56 Å². The molecule has 9 nitrogen and oxygen atoms in total. The standard InChI is InChI=1S/C12H13N5O4S/c13-16-12(18)17-15-7-9-3-6-11(21-9)8-1-4-10(5-2-8)22(14,19)20/h1-7H,13H2,(H2,14,19,20)(H2,16,17,18). The van der Waals surface area contributed by atoms with Crippen LogP contribution in [-0.2, 0) is 10.0 Å². The minimum absolute atomic E-state index is 0.0154. The van der Waals surface area contributed by atoms with E-state index in [0.717, 1.165) is 0 Å². The minimum Gasteiger partial charge on any atom is -0.455 e. The molecular formula is C12H13N5O4S. The Hall–Kier alpha value is -2.69. The van der Waals surface area contributed by atoms with E-state index in [-0.39, 0.29) is 4.90 Å². The van der Waals surface area contributed by atoms with Gasteiger partial charge in [0.15, 0.2) is 0 Å². The van der Waals surface area contributed by atoms with Crippen LogP contribution in [0, 0.1) is 0 Å². The molecule has 2 amide bonds. The Bertz CT molecular complexity index is 795. The summed E-state index contributed by atoms with van der Waals surface area (Å²) in [5, 5.41) is 8.63. The lowest BCUT2D eigenvalue weighted by molar-refractivity contribution is 0.241. The molecule has 2 rings (SSSR count). The first kappa shape index (κ1) is 15.7. The molecule has 0 aliphatic rings. The first-order valence-corrected chi connectivity index (χ1v) is 7.47. The summed E-state index contributed by atoms with van der Waals surface area (Å²) in [6.45, 7) is 0. The van der Waals surface area contributed by atoms with Gasteiger partial charge in [-0.25, -0.2) is 29.6 Å². The average molecular weight is 323 g/mol. The molecule has 0 bridgehead atoms. The van der Waals surface area contributed by atoms with Crippen LogP contribution in [0.3, 0.4) is 0 Å². The summed E-state index contributed by atoms with van der Waals surface area (Å²) in [4.78, 5) is 10.8. The van der Waals surface area contributed by atoms with E-state index in [1.54, 1.807) is 24.3 Å². The SMILES string of the molecule is NNC(=O)NN=Cc1ccc(-c2ccc(S(N)(=O)=O)cc2)o1. The molecule has 1 aromatic heterocycles. The second-order valence-corrected chi connectivity index (χ2v) is 5.68. The van der Waals surface area contributed by atoms with Crippen LogP contribution in [0.15, 0.2) is 50.8 Å². The summed E-state index contributed by atoms with van der Waals surface area (Å²) in [6, 6.07) is 8.55. The van der Waals surface area contributed by atoms with Gasteiger partial charge in [-0.15, -0.1) is 0 Å². The van der Waals surface area contributed by atoms with Crippen LogP contribution in [0.4, 0.5) is 4.79 Å². The molecule has 0 atom stereocenters. The highest BCUT2D eigenvalue weighted by atomic mass is 32.2. The van der Waals surface area contributed by atoms with E-state index in [1.807, 2.05) is 5.43 Å². The molecule has 116 valence electrons. The number of nitrogens with two attached hydrogens (primary N) is 2. The van der Waals surface area contributed by atoms with Crippen molar-refractivity contribution in [2.45, 2.75) is 4.90 Å². The molecule has 0 radical (unpaired) electrons. The lowest BCUT2D eigenvalue weighted by Crippen LogP contribution is -2.37. The number of carbonyl (C=O) groups excluding carboxylic acids is 1. The highest BCUT2D eigenvalue weighted by Crippen LogP contribution is 2.22. The highest BCUT2D eigenvalue weighted by Gasteiger charge is 2.09. The van der Waals surface area contributed by atoms with Gasteiger partial charge in [0.2, 0.25) is 10.0 Å². The Kier molecular flexibility index (Phi) is 4.56. The van der Waals surface area contributed by atoms with Crippen molar-refractivity contribution in [2.24, 2.45) is 16.1 Å². The van der Waals surface area contributed by atoms with Gasteiger partial charge in [-0.2, -0.15) is 5.10 Å². The summed E-state index contributed by atoms with van der Waals surface area (Å²) < 4.78 is 27.8. The molecule has 10 heteroatoms. The predicted octanol–water partition coefficient (Wildman–Crippen LogP) is 0.101. The number of hydrazone groups is 1. The zero-order valence-corrected chi connectivity index (χ0v) is 12.0. The van der Waals surface area contributed by atoms with Gasteiger partial charge in [0.1, 0.15) is 11.5 Å². The van der Waals surface area contributed by atoms with Gasteiger partial charge in [0.25, 0.3) is 0 Å². The number of hydrogen-bond acceptors (Lipinski definition) is 6. The Labute approximate surface area is 126 Å². The van der Waals surface area contributed by atoms with E-state index in [0.29, 0.717) is 17.1 Å². The maximum Gasteiger partial charge on any atom is 0.349 e. The summed E-state index contributed by atoms with van der Waals surface area (Å²) in [5.41, 5.74) is 4.62. The lowest BCUT2D eigenvalue weighted by Gasteiger charge is -2.00. The third-order valence-electron chi connectivity index (χ3n) is 2.58. The van der Waals surface area contributed by atoms with E-state index in [1.165, 1.54) is 18.3 Å². The molecule has 0 fully saturated rings. The molecule has 1 aromatic carbocycles. The van der Waals surface area contributed by atoms with Crippen LogP contribution in [0.25, 0.3) is 11.3 Å². The Morgan fingerprint density at radius 3 is 2.45 bits per heavy atom. The van der Waals surface area contributed by atoms with Crippen molar-refractivity contribution in [1.29, 1.82) is 0 Å². The predicted molar refractivity (Wildman–Crippen MR) is 79.0 cm³/mol. The van der Waals surface area contributed by atoms with Crippen molar-refractivity contribution in [2.75, 3.05) is 0 Å². The van der Waals surface area contributed by atoms with Gasteiger partial charge in [-0.1, -0.05) is 0 Å². The quantitative estimate of drug-likeness (QED) is 0.272. The first-order chi connectivity index (χ1) is 10.4. The van der Waals surface area contributed by atoms with Gasteiger partial charge >= 0.3 is 6.03 Å². The number of benzene rings is 1. The van der Waals surface area contributed by atoms with E-state index in [4.69, 9.17) is 15.4 Å². The van der Waals surface area contributed by atoms with Crippen LogP contribution in [0.5, 0.6) is 0 Å². The van der Waals surface area contributed by atoms with E-state index < -0.39 is 16.1 Å². The van der Waals surface area contributed by atoms with Crippen molar-refractivity contribution in [3.8, 4) is 11.3 Å². The van der Waals surface area contributed by atoms with Crippen LogP contribution >= 0.6 is 0 Å². The third kappa shape index (κ3) is 3.91. The number of amides is 2. The number of furan rings is 1. The van der Waals surface area contributed by atoms with E-state index in [9.17, 15) is 13.2 Å². The highest BCUT2D eigenvalue weighted by molar-refractivity contribution is 7.89. The number of sulfonamides is 1. The zero-order valence-electron chi connectivity index (χ0n) is 11.2. The topological polar surface area (TPSA) is 153 Å². The van der Waals surface area contributed by atoms with Crippen molar-refractivity contribution in [1.82, 2.24) is 10.9 Å². The normalized spacial score (nSPS) is 11.5. The van der Waals surface area contributed by atoms with E-state index in [2.05, 4.69) is 10.5 Å². The van der Waals surface area contributed by atoms with Crippen molar-refractivity contribution < 1.29 is 17.6 Å². The van der Waals surface area contributed by atoms with Crippen LogP contribution in [0.2, 0.25) is 0 Å². The molecule has 0 spiro atoms. The third-order valence-corrected chi connectivity index (χ3v) is 3.51. The number of primary sulfonamides is 1. The van der Waals surface area contributed by atoms with Crippen LogP contribution < -0.4 is 21.8 Å². The van der Waals surface area contributed by atoms with Crippen molar-refractivity contribution in [3.05, 3.63) is 42.2 Å². The monoisotopic (exact) mass is 323 g/mol. The maximum absolute atomic E-state index is 11.2. The van der Waals surface area contributed by atoms with Crippen LogP contribution in [-0.4, -0.2) is 20.7 Å². The lowest BCUT2D eigenvalue weighted by atomic mass is 10.2.